The molecule has 0 spiro atoms. The Morgan fingerprint density at radius 2 is 1.81 bits per heavy atom. The molecule has 0 saturated heterocycles. The normalized spacial score (nSPS) is 11.3. The molecule has 1 aromatic heterocycles. The molecule has 0 saturated carbocycles. The van der Waals surface area contributed by atoms with Gasteiger partial charge in [0.25, 0.3) is 5.56 Å². The number of para-hydroxylation sites is 1. The number of rotatable bonds is 2. The molecule has 2 N–H and O–H groups in total. The van der Waals surface area contributed by atoms with Crippen LogP contribution < -0.4 is 5.56 Å². The van der Waals surface area contributed by atoms with Gasteiger partial charge in [-0.25, -0.2) is 4.39 Å². The summed E-state index contributed by atoms with van der Waals surface area (Å²) in [4.78, 5) is 18.7. The lowest BCUT2D eigenvalue weighted by Gasteiger charge is -2.03. The van der Waals surface area contributed by atoms with Crippen molar-refractivity contribution < 1.29 is 9.50 Å². The highest BCUT2D eigenvalue weighted by atomic mass is 19.1. The van der Waals surface area contributed by atoms with Crippen molar-refractivity contribution in [2.24, 2.45) is 4.99 Å². The van der Waals surface area contributed by atoms with Crippen LogP contribution in [-0.4, -0.2) is 16.3 Å². The van der Waals surface area contributed by atoms with Gasteiger partial charge in [-0.2, -0.15) is 0 Å². The minimum atomic E-state index is -0.433. The summed E-state index contributed by atoms with van der Waals surface area (Å²) in [6.07, 6.45) is 1.27. The highest BCUT2D eigenvalue weighted by Gasteiger charge is 2.09. The minimum Gasteiger partial charge on any atom is -0.506 e. The van der Waals surface area contributed by atoms with E-state index in [1.807, 2.05) is 0 Å². The standard InChI is InChI=1S/C16H11FN2O2/c17-10-5-7-11(8-6-10)18-9-13-15(20)12-3-1-2-4-14(12)19-16(13)21/h1-9H,(H2,19,20,21). The number of aromatic nitrogens is 1. The summed E-state index contributed by atoms with van der Waals surface area (Å²) in [5.74, 6) is -0.486. The molecule has 0 aliphatic rings. The van der Waals surface area contributed by atoms with Gasteiger partial charge in [-0.15, -0.1) is 0 Å². The fraction of sp³-hybridized carbons (Fsp3) is 0. The fourth-order valence-electron chi connectivity index (χ4n) is 2.03. The summed E-state index contributed by atoms with van der Waals surface area (Å²) in [6, 6.07) is 12.5. The van der Waals surface area contributed by atoms with Gasteiger partial charge in [-0.1, -0.05) is 12.1 Å². The smallest absolute Gasteiger partial charge is 0.261 e. The Morgan fingerprint density at radius 3 is 2.57 bits per heavy atom. The van der Waals surface area contributed by atoms with E-state index in [9.17, 15) is 14.3 Å². The van der Waals surface area contributed by atoms with Crippen LogP contribution in [0.3, 0.4) is 0 Å². The maximum Gasteiger partial charge on any atom is 0.261 e. The number of aliphatic imine (C=N–C) groups is 1. The van der Waals surface area contributed by atoms with E-state index in [0.717, 1.165) is 0 Å². The van der Waals surface area contributed by atoms with Crippen LogP contribution in [0.25, 0.3) is 10.9 Å². The molecule has 0 unspecified atom stereocenters. The predicted octanol–water partition coefficient (Wildman–Crippen LogP) is 3.12. The Hall–Kier alpha value is -2.95. The lowest BCUT2D eigenvalue weighted by molar-refractivity contribution is 0.479. The van der Waals surface area contributed by atoms with E-state index >= 15 is 0 Å². The van der Waals surface area contributed by atoms with Crippen LogP contribution in [0.2, 0.25) is 0 Å². The molecule has 3 aromatic rings. The van der Waals surface area contributed by atoms with Crippen LogP contribution >= 0.6 is 0 Å². The van der Waals surface area contributed by atoms with Gasteiger partial charge >= 0.3 is 0 Å². The molecule has 0 bridgehead atoms. The van der Waals surface area contributed by atoms with E-state index in [1.54, 1.807) is 24.3 Å². The van der Waals surface area contributed by atoms with Gasteiger partial charge in [0.15, 0.2) is 0 Å². The number of halogens is 1. The zero-order chi connectivity index (χ0) is 14.8. The number of aromatic hydroxyl groups is 1. The van der Waals surface area contributed by atoms with Gasteiger partial charge in [0.05, 0.1) is 11.2 Å². The van der Waals surface area contributed by atoms with Crippen molar-refractivity contribution in [3.63, 3.8) is 0 Å². The van der Waals surface area contributed by atoms with E-state index in [1.165, 1.54) is 30.5 Å². The Balaban J connectivity index is 2.08. The maximum atomic E-state index is 12.8. The van der Waals surface area contributed by atoms with Gasteiger partial charge in [0.1, 0.15) is 17.1 Å². The molecule has 4 nitrogen and oxygen atoms in total. The molecule has 5 heteroatoms. The third-order valence-corrected chi connectivity index (χ3v) is 3.10. The first kappa shape index (κ1) is 13.1. The Bertz CT molecular complexity index is 883. The number of aromatic amines is 1. The molecule has 21 heavy (non-hydrogen) atoms. The second-order valence-corrected chi connectivity index (χ2v) is 4.50. The maximum absolute atomic E-state index is 12.8. The molecule has 2 aromatic carbocycles. The first-order valence-electron chi connectivity index (χ1n) is 6.29. The number of nitrogens with one attached hydrogen (secondary N) is 1. The molecule has 0 amide bonds. The van der Waals surface area contributed by atoms with Crippen LogP contribution in [0.15, 0.2) is 58.3 Å². The topological polar surface area (TPSA) is 65.5 Å². The molecule has 0 atom stereocenters. The zero-order valence-corrected chi connectivity index (χ0v) is 10.9. The van der Waals surface area contributed by atoms with Gasteiger partial charge in [-0.3, -0.25) is 9.79 Å². The Labute approximate surface area is 119 Å². The molecule has 0 aliphatic heterocycles. The third-order valence-electron chi connectivity index (χ3n) is 3.10. The van der Waals surface area contributed by atoms with Gasteiger partial charge in [0, 0.05) is 11.6 Å². The van der Waals surface area contributed by atoms with Crippen LogP contribution in [0, 0.1) is 5.82 Å². The first-order valence-corrected chi connectivity index (χ1v) is 6.29. The highest BCUT2D eigenvalue weighted by molar-refractivity contribution is 5.95. The quantitative estimate of drug-likeness (QED) is 0.709. The summed E-state index contributed by atoms with van der Waals surface area (Å²) >= 11 is 0. The fourth-order valence-corrected chi connectivity index (χ4v) is 2.03. The summed E-state index contributed by atoms with van der Waals surface area (Å²) in [5.41, 5.74) is 0.678. The lowest BCUT2D eigenvalue weighted by Crippen LogP contribution is -2.12. The van der Waals surface area contributed by atoms with Crippen molar-refractivity contribution in [2.75, 3.05) is 0 Å². The molecule has 1 heterocycles. The number of nitrogens with zero attached hydrogens (tertiary/aromatic N) is 1. The van der Waals surface area contributed by atoms with E-state index in [4.69, 9.17) is 0 Å². The van der Waals surface area contributed by atoms with Crippen LogP contribution in [0.4, 0.5) is 10.1 Å². The number of hydrogen-bond acceptors (Lipinski definition) is 3. The second kappa shape index (κ2) is 5.20. The van der Waals surface area contributed by atoms with E-state index in [-0.39, 0.29) is 17.1 Å². The van der Waals surface area contributed by atoms with Crippen LogP contribution in [0.5, 0.6) is 5.75 Å². The van der Waals surface area contributed by atoms with E-state index in [2.05, 4.69) is 9.98 Å². The average molecular weight is 282 g/mol. The number of H-pyrrole nitrogens is 1. The number of benzene rings is 2. The van der Waals surface area contributed by atoms with Crippen molar-refractivity contribution in [1.29, 1.82) is 0 Å². The molecule has 3 rings (SSSR count). The van der Waals surface area contributed by atoms with Crippen molar-refractivity contribution in [3.05, 3.63) is 70.3 Å². The summed E-state index contributed by atoms with van der Waals surface area (Å²) in [5, 5.41) is 10.7. The molecule has 0 fully saturated rings. The van der Waals surface area contributed by atoms with Crippen molar-refractivity contribution in [1.82, 2.24) is 4.98 Å². The molecule has 0 aliphatic carbocycles. The summed E-state index contributed by atoms with van der Waals surface area (Å²) in [6.45, 7) is 0. The average Bonchev–Trinajstić information content (AvgIpc) is 2.49. The highest BCUT2D eigenvalue weighted by Crippen LogP contribution is 2.23. The number of hydrogen-bond donors (Lipinski definition) is 2. The number of pyridine rings is 1. The Morgan fingerprint density at radius 1 is 1.10 bits per heavy atom. The van der Waals surface area contributed by atoms with Gasteiger partial charge in [0.2, 0.25) is 0 Å². The van der Waals surface area contributed by atoms with Crippen LogP contribution in [0.1, 0.15) is 5.56 Å². The van der Waals surface area contributed by atoms with Gasteiger partial charge < -0.3 is 10.1 Å². The summed E-state index contributed by atoms with van der Waals surface area (Å²) < 4.78 is 12.8. The summed E-state index contributed by atoms with van der Waals surface area (Å²) in [7, 11) is 0. The minimum absolute atomic E-state index is 0.0676. The van der Waals surface area contributed by atoms with Crippen molar-refractivity contribution in [3.8, 4) is 5.75 Å². The first-order chi connectivity index (χ1) is 10.1. The zero-order valence-electron chi connectivity index (χ0n) is 10.9. The molecular formula is C16H11FN2O2. The largest absolute Gasteiger partial charge is 0.506 e. The lowest BCUT2D eigenvalue weighted by atomic mass is 10.1. The molecular weight excluding hydrogens is 271 g/mol. The Kier molecular flexibility index (Phi) is 3.23. The molecule has 104 valence electrons. The SMILES string of the molecule is O=c1[nH]c2ccccc2c(O)c1C=Nc1ccc(F)cc1. The third kappa shape index (κ3) is 2.53. The molecule has 0 radical (unpaired) electrons. The number of fused-ring (bicyclic) bond motifs is 1. The van der Waals surface area contributed by atoms with Gasteiger partial charge in [-0.05, 0) is 36.4 Å². The monoisotopic (exact) mass is 282 g/mol. The van der Waals surface area contributed by atoms with E-state index < -0.39 is 5.56 Å². The predicted molar refractivity (Wildman–Crippen MR) is 79.9 cm³/mol. The van der Waals surface area contributed by atoms with Crippen LogP contribution in [-0.2, 0) is 0 Å². The van der Waals surface area contributed by atoms with E-state index in [0.29, 0.717) is 16.6 Å². The second-order valence-electron chi connectivity index (χ2n) is 4.50. The van der Waals surface area contributed by atoms with Crippen molar-refractivity contribution >= 4 is 22.8 Å². The van der Waals surface area contributed by atoms with Crippen molar-refractivity contribution in [2.45, 2.75) is 0 Å².